The average Bonchev–Trinajstić information content (AvgIpc) is 3.28. The topological polar surface area (TPSA) is 72.3 Å². The van der Waals surface area contributed by atoms with Crippen molar-refractivity contribution < 1.29 is 4.74 Å². The largest absolute Gasteiger partial charge is 0.493 e. The van der Waals surface area contributed by atoms with Crippen LogP contribution < -0.4 is 10.3 Å². The lowest BCUT2D eigenvalue weighted by Gasteiger charge is -2.06. The SMILES string of the molecule is O=c1cc(-c2ccc3c(c2)CCO3)[nH]c2c(-c3ccccn3)cnn12. The first kappa shape index (κ1) is 14.0. The number of aromatic amines is 1. The van der Waals surface area contributed by atoms with Crippen molar-refractivity contribution in [2.24, 2.45) is 0 Å². The molecule has 122 valence electrons. The summed E-state index contributed by atoms with van der Waals surface area (Å²) in [4.78, 5) is 20.2. The van der Waals surface area contributed by atoms with E-state index in [0.717, 1.165) is 40.2 Å². The lowest BCUT2D eigenvalue weighted by Crippen LogP contribution is -2.14. The minimum absolute atomic E-state index is 0.178. The van der Waals surface area contributed by atoms with E-state index in [2.05, 4.69) is 21.1 Å². The van der Waals surface area contributed by atoms with Gasteiger partial charge in [-0.2, -0.15) is 9.61 Å². The third-order valence-corrected chi connectivity index (χ3v) is 4.44. The number of rotatable bonds is 2. The van der Waals surface area contributed by atoms with Crippen LogP contribution in [0.25, 0.3) is 28.2 Å². The van der Waals surface area contributed by atoms with Crippen LogP contribution in [0.15, 0.2) is 59.7 Å². The van der Waals surface area contributed by atoms with Crippen molar-refractivity contribution in [1.29, 1.82) is 0 Å². The molecule has 25 heavy (non-hydrogen) atoms. The molecular formula is C19H14N4O2. The van der Waals surface area contributed by atoms with Crippen LogP contribution in [-0.2, 0) is 6.42 Å². The van der Waals surface area contributed by atoms with Gasteiger partial charge in [0.05, 0.1) is 29.8 Å². The van der Waals surface area contributed by atoms with Crippen molar-refractivity contribution in [3.63, 3.8) is 0 Å². The molecule has 6 nitrogen and oxygen atoms in total. The third kappa shape index (κ3) is 2.22. The maximum atomic E-state index is 12.5. The zero-order valence-corrected chi connectivity index (χ0v) is 13.3. The summed E-state index contributed by atoms with van der Waals surface area (Å²) in [6, 6.07) is 13.2. The highest BCUT2D eigenvalue weighted by Crippen LogP contribution is 2.30. The molecular weight excluding hydrogens is 316 g/mol. The summed E-state index contributed by atoms with van der Waals surface area (Å²) >= 11 is 0. The van der Waals surface area contributed by atoms with Crippen LogP contribution in [-0.4, -0.2) is 26.2 Å². The summed E-state index contributed by atoms with van der Waals surface area (Å²) in [5.74, 6) is 0.922. The molecule has 4 aromatic rings. The number of aromatic nitrogens is 4. The standard InChI is InChI=1S/C19H14N4O2/c24-18-10-16(12-4-5-17-13(9-12)6-8-25-17)22-19-14(11-21-23(18)19)15-3-1-2-7-20-15/h1-5,7,9-11,22H,6,8H2. The average molecular weight is 330 g/mol. The molecule has 0 aliphatic carbocycles. The maximum absolute atomic E-state index is 12.5. The van der Waals surface area contributed by atoms with E-state index in [1.54, 1.807) is 18.5 Å². The molecule has 5 rings (SSSR count). The van der Waals surface area contributed by atoms with Crippen molar-refractivity contribution in [3.05, 3.63) is 70.8 Å². The van der Waals surface area contributed by atoms with Crippen molar-refractivity contribution in [2.75, 3.05) is 6.61 Å². The van der Waals surface area contributed by atoms with E-state index in [1.165, 1.54) is 4.52 Å². The molecule has 0 saturated heterocycles. The van der Waals surface area contributed by atoms with E-state index in [1.807, 2.05) is 30.3 Å². The minimum atomic E-state index is -0.178. The summed E-state index contributed by atoms with van der Waals surface area (Å²) < 4.78 is 6.92. The van der Waals surface area contributed by atoms with Gasteiger partial charge in [-0.1, -0.05) is 6.07 Å². The first-order chi connectivity index (χ1) is 12.3. The first-order valence-electron chi connectivity index (χ1n) is 8.08. The van der Waals surface area contributed by atoms with E-state index < -0.39 is 0 Å². The van der Waals surface area contributed by atoms with Gasteiger partial charge in [-0.15, -0.1) is 0 Å². The van der Waals surface area contributed by atoms with Crippen molar-refractivity contribution in [3.8, 4) is 28.3 Å². The van der Waals surface area contributed by atoms with Gasteiger partial charge in [0.15, 0.2) is 0 Å². The van der Waals surface area contributed by atoms with Gasteiger partial charge < -0.3 is 9.72 Å². The second kappa shape index (κ2) is 5.31. The monoisotopic (exact) mass is 330 g/mol. The van der Waals surface area contributed by atoms with Gasteiger partial charge in [0, 0.05) is 18.7 Å². The highest BCUT2D eigenvalue weighted by atomic mass is 16.5. The zero-order valence-electron chi connectivity index (χ0n) is 13.3. The fraction of sp³-hybridized carbons (Fsp3) is 0.105. The lowest BCUT2D eigenvalue weighted by molar-refractivity contribution is 0.357. The molecule has 0 atom stereocenters. The zero-order chi connectivity index (χ0) is 16.8. The Morgan fingerprint density at radius 3 is 3.00 bits per heavy atom. The number of benzene rings is 1. The number of nitrogens with zero attached hydrogens (tertiary/aromatic N) is 3. The smallest absolute Gasteiger partial charge is 0.274 e. The van der Waals surface area contributed by atoms with Gasteiger partial charge in [-0.25, -0.2) is 0 Å². The molecule has 0 unspecified atom stereocenters. The van der Waals surface area contributed by atoms with Crippen molar-refractivity contribution in [2.45, 2.75) is 6.42 Å². The Labute approximate surface area is 142 Å². The summed E-state index contributed by atoms with van der Waals surface area (Å²) in [5, 5.41) is 4.20. The van der Waals surface area contributed by atoms with Crippen LogP contribution in [0, 0.1) is 0 Å². The van der Waals surface area contributed by atoms with Gasteiger partial charge in [0.2, 0.25) is 0 Å². The van der Waals surface area contributed by atoms with Gasteiger partial charge >= 0.3 is 0 Å². The highest BCUT2D eigenvalue weighted by Gasteiger charge is 2.15. The molecule has 4 heterocycles. The normalized spacial score (nSPS) is 13.0. The van der Waals surface area contributed by atoms with Crippen molar-refractivity contribution in [1.82, 2.24) is 19.6 Å². The van der Waals surface area contributed by atoms with E-state index >= 15 is 0 Å². The van der Waals surface area contributed by atoms with E-state index in [4.69, 9.17) is 4.74 Å². The van der Waals surface area contributed by atoms with Crippen LogP contribution in [0.3, 0.4) is 0 Å². The Balaban J connectivity index is 1.71. The maximum Gasteiger partial charge on any atom is 0.274 e. The lowest BCUT2D eigenvalue weighted by atomic mass is 10.1. The second-order valence-electron chi connectivity index (χ2n) is 5.98. The van der Waals surface area contributed by atoms with Crippen LogP contribution in [0.2, 0.25) is 0 Å². The van der Waals surface area contributed by atoms with Gasteiger partial charge in [-0.05, 0) is 41.5 Å². The Morgan fingerprint density at radius 1 is 1.16 bits per heavy atom. The van der Waals surface area contributed by atoms with E-state index in [-0.39, 0.29) is 5.56 Å². The summed E-state index contributed by atoms with van der Waals surface area (Å²) in [6.07, 6.45) is 4.28. The Hall–Kier alpha value is -3.41. The van der Waals surface area contributed by atoms with Gasteiger partial charge in [-0.3, -0.25) is 9.78 Å². The minimum Gasteiger partial charge on any atom is -0.493 e. The number of fused-ring (bicyclic) bond motifs is 2. The van der Waals surface area contributed by atoms with Crippen LogP contribution >= 0.6 is 0 Å². The molecule has 0 radical (unpaired) electrons. The molecule has 1 N–H and O–H groups in total. The third-order valence-electron chi connectivity index (χ3n) is 4.44. The molecule has 6 heteroatoms. The predicted octanol–water partition coefficient (Wildman–Crippen LogP) is 2.69. The van der Waals surface area contributed by atoms with E-state index in [0.29, 0.717) is 12.3 Å². The molecule has 0 fully saturated rings. The number of nitrogens with one attached hydrogen (secondary N) is 1. The first-order valence-corrected chi connectivity index (χ1v) is 8.08. The Morgan fingerprint density at radius 2 is 2.12 bits per heavy atom. The van der Waals surface area contributed by atoms with Gasteiger partial charge in [0.25, 0.3) is 5.56 Å². The Kier molecular flexibility index (Phi) is 2.97. The van der Waals surface area contributed by atoms with E-state index in [9.17, 15) is 4.79 Å². The predicted molar refractivity (Wildman–Crippen MR) is 93.7 cm³/mol. The van der Waals surface area contributed by atoms with Crippen LogP contribution in [0.4, 0.5) is 0 Å². The molecule has 0 spiro atoms. The van der Waals surface area contributed by atoms with Crippen LogP contribution in [0.1, 0.15) is 5.56 Å². The van der Waals surface area contributed by atoms with Crippen molar-refractivity contribution >= 4 is 5.65 Å². The summed E-state index contributed by atoms with van der Waals surface area (Å²) in [6.45, 7) is 0.709. The molecule has 1 aliphatic rings. The fourth-order valence-electron chi connectivity index (χ4n) is 3.20. The molecule has 1 aliphatic heterocycles. The number of pyridine rings is 1. The molecule has 0 bridgehead atoms. The summed E-state index contributed by atoms with van der Waals surface area (Å²) in [7, 11) is 0. The van der Waals surface area contributed by atoms with Crippen LogP contribution in [0.5, 0.6) is 5.75 Å². The molecule has 0 amide bonds. The number of hydrogen-bond acceptors (Lipinski definition) is 4. The van der Waals surface area contributed by atoms with Gasteiger partial charge in [0.1, 0.15) is 11.4 Å². The highest BCUT2D eigenvalue weighted by molar-refractivity contribution is 5.76. The number of hydrogen-bond donors (Lipinski definition) is 1. The second-order valence-corrected chi connectivity index (χ2v) is 5.98. The molecule has 1 aromatic carbocycles. The number of ether oxygens (including phenoxy) is 1. The quantitative estimate of drug-likeness (QED) is 0.613. The fourth-order valence-corrected chi connectivity index (χ4v) is 3.20. The summed E-state index contributed by atoms with van der Waals surface area (Å²) in [5.41, 5.74) is 4.90. The molecule has 3 aromatic heterocycles. The Bertz CT molecular complexity index is 1150. The number of H-pyrrole nitrogens is 1. The molecule has 0 saturated carbocycles.